The van der Waals surface area contributed by atoms with E-state index in [-0.39, 0.29) is 0 Å². The van der Waals surface area contributed by atoms with Gasteiger partial charge in [-0.25, -0.2) is 9.07 Å². The summed E-state index contributed by atoms with van der Waals surface area (Å²) in [4.78, 5) is 28.6. The molecule has 1 atom stereocenters. The number of carbonyl (C=O) groups is 1. The molecule has 0 aliphatic rings. The summed E-state index contributed by atoms with van der Waals surface area (Å²) >= 11 is 0. The van der Waals surface area contributed by atoms with Crippen molar-refractivity contribution in [3.8, 4) is 11.3 Å². The average Bonchev–Trinajstić information content (AvgIpc) is 2.65. The fraction of sp³-hybridized carbons (Fsp3) is 0.158. The first kappa shape index (κ1) is 17.5. The van der Waals surface area contributed by atoms with Crippen LogP contribution >= 0.6 is 0 Å². The van der Waals surface area contributed by atoms with Crippen LogP contribution in [0.25, 0.3) is 11.3 Å². The number of pyridine rings is 1. The second-order valence-electron chi connectivity index (χ2n) is 5.87. The van der Waals surface area contributed by atoms with Crippen molar-refractivity contribution in [2.75, 3.05) is 5.32 Å². The molecule has 1 unspecified atom stereocenters. The maximum atomic E-state index is 13.6. The summed E-state index contributed by atoms with van der Waals surface area (Å²) in [5, 5.41) is 6.87. The van der Waals surface area contributed by atoms with Crippen LogP contribution in [0, 0.1) is 12.7 Å². The third kappa shape index (κ3) is 3.66. The number of hydrogen-bond donors (Lipinski definition) is 1. The standard InChI is InChI=1S/C19H17FN4O2/c1-12-5-6-15(10-16(12)20)22-19(26)13(2)24-18(25)8-7-17(23-24)14-4-3-9-21-11-14/h3-11,13H,1-2H3,(H,22,26). The predicted molar refractivity (Wildman–Crippen MR) is 96.2 cm³/mol. The van der Waals surface area contributed by atoms with Crippen molar-refractivity contribution in [2.45, 2.75) is 19.9 Å². The first-order valence-corrected chi connectivity index (χ1v) is 8.03. The van der Waals surface area contributed by atoms with Gasteiger partial charge >= 0.3 is 0 Å². The first-order valence-electron chi connectivity index (χ1n) is 8.03. The van der Waals surface area contributed by atoms with Gasteiger partial charge in [0.2, 0.25) is 5.91 Å². The lowest BCUT2D eigenvalue weighted by atomic mass is 10.2. The molecule has 3 aromatic rings. The number of nitrogens with one attached hydrogen (secondary N) is 1. The fourth-order valence-electron chi connectivity index (χ4n) is 2.40. The van der Waals surface area contributed by atoms with Crippen molar-refractivity contribution in [3.05, 3.63) is 76.6 Å². The quantitative estimate of drug-likeness (QED) is 0.783. The molecule has 1 amide bonds. The lowest BCUT2D eigenvalue weighted by Gasteiger charge is -2.15. The van der Waals surface area contributed by atoms with E-state index >= 15 is 0 Å². The van der Waals surface area contributed by atoms with Crippen molar-refractivity contribution < 1.29 is 9.18 Å². The molecule has 6 nitrogen and oxygen atoms in total. The summed E-state index contributed by atoms with van der Waals surface area (Å²) in [6.45, 7) is 3.19. The van der Waals surface area contributed by atoms with E-state index in [4.69, 9.17) is 0 Å². The van der Waals surface area contributed by atoms with Gasteiger partial charge in [-0.15, -0.1) is 0 Å². The average molecular weight is 352 g/mol. The van der Waals surface area contributed by atoms with Crippen LogP contribution in [0.4, 0.5) is 10.1 Å². The highest BCUT2D eigenvalue weighted by Gasteiger charge is 2.18. The van der Waals surface area contributed by atoms with Gasteiger partial charge < -0.3 is 5.32 Å². The van der Waals surface area contributed by atoms with Gasteiger partial charge in [0, 0.05) is 29.7 Å². The summed E-state index contributed by atoms with van der Waals surface area (Å²) in [5.41, 5.74) is 1.66. The summed E-state index contributed by atoms with van der Waals surface area (Å²) < 4.78 is 14.7. The zero-order chi connectivity index (χ0) is 18.7. The highest BCUT2D eigenvalue weighted by molar-refractivity contribution is 5.93. The number of carbonyl (C=O) groups excluding carboxylic acids is 1. The van der Waals surface area contributed by atoms with Crippen LogP contribution in [-0.4, -0.2) is 20.7 Å². The van der Waals surface area contributed by atoms with Crippen LogP contribution in [0.15, 0.2) is 59.7 Å². The Kier molecular flexibility index (Phi) is 4.88. The van der Waals surface area contributed by atoms with Crippen molar-refractivity contribution in [3.63, 3.8) is 0 Å². The molecule has 0 fully saturated rings. The summed E-state index contributed by atoms with van der Waals surface area (Å²) in [6.07, 6.45) is 3.26. The number of aromatic nitrogens is 3. The van der Waals surface area contributed by atoms with Crippen molar-refractivity contribution in [2.24, 2.45) is 0 Å². The van der Waals surface area contributed by atoms with Crippen LogP contribution in [0.3, 0.4) is 0 Å². The largest absolute Gasteiger partial charge is 0.324 e. The topological polar surface area (TPSA) is 76.9 Å². The minimum absolute atomic E-state index is 0.321. The molecule has 26 heavy (non-hydrogen) atoms. The Labute approximate surface area is 149 Å². The van der Waals surface area contributed by atoms with Gasteiger partial charge in [0.15, 0.2) is 0 Å². The number of nitrogens with zero attached hydrogens (tertiary/aromatic N) is 3. The Morgan fingerprint density at radius 3 is 2.73 bits per heavy atom. The third-order valence-electron chi connectivity index (χ3n) is 3.97. The molecule has 132 valence electrons. The second kappa shape index (κ2) is 7.26. The number of benzene rings is 1. The van der Waals surface area contributed by atoms with Crippen molar-refractivity contribution >= 4 is 11.6 Å². The molecule has 0 aliphatic heterocycles. The molecular weight excluding hydrogens is 335 g/mol. The van der Waals surface area contributed by atoms with Crippen LogP contribution < -0.4 is 10.9 Å². The van der Waals surface area contributed by atoms with Gasteiger partial charge in [0.25, 0.3) is 5.56 Å². The van der Waals surface area contributed by atoms with E-state index in [9.17, 15) is 14.0 Å². The van der Waals surface area contributed by atoms with Gasteiger partial charge in [0.05, 0.1) is 5.69 Å². The summed E-state index contributed by atoms with van der Waals surface area (Å²) in [5.74, 6) is -0.879. The monoisotopic (exact) mass is 352 g/mol. The van der Waals surface area contributed by atoms with Crippen LogP contribution in [0.5, 0.6) is 0 Å². The smallest absolute Gasteiger partial charge is 0.267 e. The molecule has 0 saturated carbocycles. The number of rotatable bonds is 4. The van der Waals surface area contributed by atoms with E-state index in [0.29, 0.717) is 16.9 Å². The van der Waals surface area contributed by atoms with E-state index in [1.165, 1.54) is 12.1 Å². The molecule has 0 bridgehead atoms. The highest BCUT2D eigenvalue weighted by Crippen LogP contribution is 2.17. The van der Waals surface area contributed by atoms with E-state index in [2.05, 4.69) is 15.4 Å². The number of anilines is 1. The van der Waals surface area contributed by atoms with Gasteiger partial charge in [-0.2, -0.15) is 5.10 Å². The van der Waals surface area contributed by atoms with Gasteiger partial charge in [-0.05, 0) is 49.7 Å². The third-order valence-corrected chi connectivity index (χ3v) is 3.97. The van der Waals surface area contributed by atoms with Gasteiger partial charge in [0.1, 0.15) is 11.9 Å². The Balaban J connectivity index is 1.86. The Bertz CT molecular complexity index is 1000. The zero-order valence-corrected chi connectivity index (χ0v) is 14.3. The molecule has 0 aliphatic carbocycles. The normalized spacial score (nSPS) is 11.8. The number of amides is 1. The molecule has 1 aromatic carbocycles. The lowest BCUT2D eigenvalue weighted by Crippen LogP contribution is -2.33. The van der Waals surface area contributed by atoms with E-state index in [1.807, 2.05) is 6.07 Å². The fourth-order valence-corrected chi connectivity index (χ4v) is 2.40. The van der Waals surface area contributed by atoms with E-state index in [0.717, 1.165) is 10.2 Å². The second-order valence-corrected chi connectivity index (χ2v) is 5.87. The minimum atomic E-state index is -0.872. The predicted octanol–water partition coefficient (Wildman–Crippen LogP) is 2.95. The lowest BCUT2D eigenvalue weighted by molar-refractivity contribution is -0.119. The molecule has 0 radical (unpaired) electrons. The summed E-state index contributed by atoms with van der Waals surface area (Å²) in [6, 6.07) is 10.0. The van der Waals surface area contributed by atoms with Gasteiger partial charge in [-0.3, -0.25) is 14.6 Å². The maximum Gasteiger partial charge on any atom is 0.267 e. The molecule has 1 N–H and O–H groups in total. The van der Waals surface area contributed by atoms with E-state index < -0.39 is 23.3 Å². The minimum Gasteiger partial charge on any atom is -0.324 e. The zero-order valence-electron chi connectivity index (χ0n) is 14.3. The molecule has 0 saturated heterocycles. The first-order chi connectivity index (χ1) is 12.5. The molecule has 2 aromatic heterocycles. The highest BCUT2D eigenvalue weighted by atomic mass is 19.1. The number of aryl methyl sites for hydroxylation is 1. The number of hydrogen-bond acceptors (Lipinski definition) is 4. The SMILES string of the molecule is Cc1ccc(NC(=O)C(C)n2nc(-c3cccnc3)ccc2=O)cc1F. The van der Waals surface area contributed by atoms with Crippen molar-refractivity contribution in [1.82, 2.24) is 14.8 Å². The molecule has 2 heterocycles. The summed E-state index contributed by atoms with van der Waals surface area (Å²) in [7, 11) is 0. The molecule has 0 spiro atoms. The Hall–Kier alpha value is -3.35. The Morgan fingerprint density at radius 2 is 2.04 bits per heavy atom. The maximum absolute atomic E-state index is 13.6. The van der Waals surface area contributed by atoms with Crippen LogP contribution in [0.1, 0.15) is 18.5 Å². The van der Waals surface area contributed by atoms with Gasteiger partial charge in [-0.1, -0.05) is 6.07 Å². The Morgan fingerprint density at radius 1 is 1.23 bits per heavy atom. The van der Waals surface area contributed by atoms with Crippen molar-refractivity contribution in [1.29, 1.82) is 0 Å². The van der Waals surface area contributed by atoms with Crippen LogP contribution in [0.2, 0.25) is 0 Å². The molecular formula is C19H17FN4O2. The van der Waals surface area contributed by atoms with E-state index in [1.54, 1.807) is 50.5 Å². The van der Waals surface area contributed by atoms with Crippen LogP contribution in [-0.2, 0) is 4.79 Å². The number of halogens is 1. The molecule has 3 rings (SSSR count). The molecule has 7 heteroatoms.